The molecule has 2 aliphatic rings. The highest BCUT2D eigenvalue weighted by molar-refractivity contribution is 5.84. The summed E-state index contributed by atoms with van der Waals surface area (Å²) >= 11 is 0. The molecule has 0 saturated carbocycles. The number of amides is 2. The summed E-state index contributed by atoms with van der Waals surface area (Å²) < 4.78 is 7.35. The highest BCUT2D eigenvalue weighted by atomic mass is 16.5. The lowest BCUT2D eigenvalue weighted by atomic mass is 9.96. The highest BCUT2D eigenvalue weighted by Gasteiger charge is 2.29. The second-order valence-corrected chi connectivity index (χ2v) is 7.36. The number of nitrogens with zero attached hydrogens (tertiary/aromatic N) is 5. The Labute approximate surface area is 154 Å². The molecule has 144 valence electrons. The lowest BCUT2D eigenvalue weighted by Crippen LogP contribution is -2.42. The fraction of sp³-hybridized carbons (Fsp3) is 0.778. The van der Waals surface area contributed by atoms with E-state index in [0.717, 1.165) is 25.2 Å². The average molecular weight is 363 g/mol. The molecule has 1 aromatic rings. The quantitative estimate of drug-likeness (QED) is 0.785. The highest BCUT2D eigenvalue weighted by Crippen LogP contribution is 2.27. The molecule has 0 bridgehead atoms. The van der Waals surface area contributed by atoms with Crippen molar-refractivity contribution in [2.24, 2.45) is 0 Å². The van der Waals surface area contributed by atoms with Crippen molar-refractivity contribution in [1.29, 1.82) is 0 Å². The second kappa shape index (κ2) is 8.62. The number of carbonyl (C=O) groups excluding carboxylic acids is 2. The molecular formula is C18H29N5O3. The lowest BCUT2D eigenvalue weighted by molar-refractivity contribution is -0.139. The molecule has 8 heteroatoms. The Balaban J connectivity index is 1.53. The minimum absolute atomic E-state index is 0.0507. The van der Waals surface area contributed by atoms with E-state index in [-0.39, 0.29) is 30.6 Å². The van der Waals surface area contributed by atoms with Gasteiger partial charge >= 0.3 is 0 Å². The number of carbonyl (C=O) groups is 2. The van der Waals surface area contributed by atoms with Gasteiger partial charge in [0.2, 0.25) is 11.8 Å². The number of aromatic nitrogens is 3. The van der Waals surface area contributed by atoms with Crippen LogP contribution in [0.2, 0.25) is 0 Å². The first-order valence-electron chi connectivity index (χ1n) is 9.59. The Morgan fingerprint density at radius 1 is 1.15 bits per heavy atom. The molecule has 3 rings (SSSR count). The summed E-state index contributed by atoms with van der Waals surface area (Å²) in [5.74, 6) is 1.29. The van der Waals surface area contributed by atoms with Gasteiger partial charge < -0.3 is 19.1 Å². The van der Waals surface area contributed by atoms with Crippen LogP contribution in [-0.4, -0.2) is 75.8 Å². The fourth-order valence-corrected chi connectivity index (χ4v) is 3.70. The first-order chi connectivity index (χ1) is 12.6. The monoisotopic (exact) mass is 363 g/mol. The third kappa shape index (κ3) is 4.41. The van der Waals surface area contributed by atoms with Crippen LogP contribution < -0.4 is 0 Å². The Bertz CT molecular complexity index is 624. The van der Waals surface area contributed by atoms with Crippen LogP contribution in [0, 0.1) is 0 Å². The second-order valence-electron chi connectivity index (χ2n) is 7.36. The van der Waals surface area contributed by atoms with Crippen LogP contribution >= 0.6 is 0 Å². The third-order valence-corrected chi connectivity index (χ3v) is 5.21. The molecule has 1 aromatic heterocycles. The van der Waals surface area contributed by atoms with E-state index in [2.05, 4.69) is 28.6 Å². The molecule has 1 unspecified atom stereocenters. The summed E-state index contributed by atoms with van der Waals surface area (Å²) in [5.41, 5.74) is 0. The van der Waals surface area contributed by atoms with Crippen molar-refractivity contribution in [2.75, 3.05) is 39.4 Å². The number of ether oxygens (including phenoxy) is 1. The van der Waals surface area contributed by atoms with Crippen LogP contribution in [0.5, 0.6) is 0 Å². The van der Waals surface area contributed by atoms with Gasteiger partial charge in [-0.1, -0.05) is 0 Å². The van der Waals surface area contributed by atoms with Crippen molar-refractivity contribution < 1.29 is 14.3 Å². The molecule has 0 aromatic carbocycles. The van der Waals surface area contributed by atoms with E-state index in [0.29, 0.717) is 38.9 Å². The van der Waals surface area contributed by atoms with Gasteiger partial charge in [-0.05, 0) is 26.7 Å². The summed E-state index contributed by atoms with van der Waals surface area (Å²) in [6.45, 7) is 8.07. The third-order valence-electron chi connectivity index (χ3n) is 5.21. The van der Waals surface area contributed by atoms with Crippen LogP contribution in [0.1, 0.15) is 57.3 Å². The van der Waals surface area contributed by atoms with Gasteiger partial charge in [-0.3, -0.25) is 9.59 Å². The van der Waals surface area contributed by atoms with Gasteiger partial charge in [0.25, 0.3) is 0 Å². The van der Waals surface area contributed by atoms with Crippen molar-refractivity contribution in [3.05, 3.63) is 12.2 Å². The molecule has 2 saturated heterocycles. The minimum Gasteiger partial charge on any atom is -0.378 e. The zero-order chi connectivity index (χ0) is 18.5. The molecule has 8 nitrogen and oxygen atoms in total. The van der Waals surface area contributed by atoms with E-state index in [1.807, 2.05) is 4.90 Å². The van der Waals surface area contributed by atoms with Gasteiger partial charge in [-0.25, -0.2) is 0 Å². The Morgan fingerprint density at radius 3 is 2.54 bits per heavy atom. The van der Waals surface area contributed by atoms with E-state index in [4.69, 9.17) is 4.74 Å². The van der Waals surface area contributed by atoms with Crippen LogP contribution in [0.25, 0.3) is 0 Å². The van der Waals surface area contributed by atoms with E-state index in [9.17, 15) is 9.59 Å². The molecule has 0 N–H and O–H groups in total. The van der Waals surface area contributed by atoms with E-state index >= 15 is 0 Å². The Kier molecular flexibility index (Phi) is 6.24. The number of morpholine rings is 1. The first kappa shape index (κ1) is 18.8. The number of hydrogen-bond donors (Lipinski definition) is 0. The molecule has 2 fully saturated rings. The number of likely N-dealkylation sites (tertiary alicyclic amines) is 1. The van der Waals surface area contributed by atoms with Gasteiger partial charge in [-0.15, -0.1) is 10.2 Å². The van der Waals surface area contributed by atoms with E-state index in [1.165, 1.54) is 0 Å². The Hall–Kier alpha value is -1.96. The standard InChI is InChI=1S/C18H29N5O3/c1-14(2)23-13-19-20-18(23)15-4-3-7-22(12-15)17(25)6-5-16(24)21-8-10-26-11-9-21/h13-15H,3-12H2,1-2H3. The summed E-state index contributed by atoms with van der Waals surface area (Å²) in [6.07, 6.45) is 4.30. The minimum atomic E-state index is 0.0507. The van der Waals surface area contributed by atoms with Crippen LogP contribution in [0.4, 0.5) is 0 Å². The summed E-state index contributed by atoms with van der Waals surface area (Å²) in [5, 5.41) is 8.34. The molecule has 0 spiro atoms. The summed E-state index contributed by atoms with van der Waals surface area (Å²) in [6, 6.07) is 0.303. The SMILES string of the molecule is CC(C)n1cnnc1C1CCCN(C(=O)CCC(=O)N2CCOCC2)C1. The maximum atomic E-state index is 12.6. The molecule has 26 heavy (non-hydrogen) atoms. The predicted octanol–water partition coefficient (Wildman–Crippen LogP) is 1.20. The summed E-state index contributed by atoms with van der Waals surface area (Å²) in [7, 11) is 0. The normalized spacial score (nSPS) is 21.3. The number of rotatable bonds is 5. The first-order valence-corrected chi connectivity index (χ1v) is 9.59. The van der Waals surface area contributed by atoms with Gasteiger partial charge in [0, 0.05) is 51.0 Å². The smallest absolute Gasteiger partial charge is 0.223 e. The number of hydrogen-bond acceptors (Lipinski definition) is 5. The van der Waals surface area contributed by atoms with Crippen LogP contribution in [0.15, 0.2) is 6.33 Å². The molecular weight excluding hydrogens is 334 g/mol. The largest absolute Gasteiger partial charge is 0.378 e. The maximum Gasteiger partial charge on any atom is 0.223 e. The number of piperidine rings is 1. The molecule has 1 atom stereocenters. The molecule has 0 radical (unpaired) electrons. The molecule has 0 aliphatic carbocycles. The van der Waals surface area contributed by atoms with Crippen molar-refractivity contribution in [3.8, 4) is 0 Å². The Morgan fingerprint density at radius 2 is 1.85 bits per heavy atom. The molecule has 2 amide bonds. The zero-order valence-corrected chi connectivity index (χ0v) is 15.8. The van der Waals surface area contributed by atoms with E-state index < -0.39 is 0 Å². The van der Waals surface area contributed by atoms with Crippen LogP contribution in [-0.2, 0) is 14.3 Å². The lowest BCUT2D eigenvalue weighted by Gasteiger charge is -2.33. The van der Waals surface area contributed by atoms with Crippen molar-refractivity contribution in [2.45, 2.75) is 51.5 Å². The predicted molar refractivity (Wildman–Crippen MR) is 95.6 cm³/mol. The maximum absolute atomic E-state index is 12.6. The fourth-order valence-electron chi connectivity index (χ4n) is 3.70. The van der Waals surface area contributed by atoms with Crippen molar-refractivity contribution in [3.63, 3.8) is 0 Å². The molecule has 2 aliphatic heterocycles. The van der Waals surface area contributed by atoms with Crippen molar-refractivity contribution in [1.82, 2.24) is 24.6 Å². The van der Waals surface area contributed by atoms with Gasteiger partial charge in [0.1, 0.15) is 12.2 Å². The van der Waals surface area contributed by atoms with Gasteiger partial charge in [-0.2, -0.15) is 0 Å². The zero-order valence-electron chi connectivity index (χ0n) is 15.8. The van der Waals surface area contributed by atoms with Gasteiger partial charge in [0.15, 0.2) is 0 Å². The average Bonchev–Trinajstić information content (AvgIpc) is 3.17. The van der Waals surface area contributed by atoms with E-state index in [1.54, 1.807) is 11.2 Å². The van der Waals surface area contributed by atoms with Crippen molar-refractivity contribution >= 4 is 11.8 Å². The summed E-state index contributed by atoms with van der Waals surface area (Å²) in [4.78, 5) is 28.5. The molecule has 3 heterocycles. The van der Waals surface area contributed by atoms with Crippen LogP contribution in [0.3, 0.4) is 0 Å². The topological polar surface area (TPSA) is 80.6 Å². The van der Waals surface area contributed by atoms with Gasteiger partial charge in [0.05, 0.1) is 13.2 Å².